The zero-order chi connectivity index (χ0) is 23.2. The fraction of sp³-hybridized carbons (Fsp3) is 0.286. The number of alkyl halides is 3. The molecule has 0 spiro atoms. The van der Waals surface area contributed by atoms with Crippen LogP contribution >= 0.6 is 11.6 Å². The van der Waals surface area contributed by atoms with E-state index in [9.17, 15) is 17.4 Å². The summed E-state index contributed by atoms with van der Waals surface area (Å²) in [4.78, 5) is 12.7. The van der Waals surface area contributed by atoms with Crippen molar-refractivity contribution in [3.05, 3.63) is 47.2 Å². The Morgan fingerprint density at radius 2 is 1.78 bits per heavy atom. The minimum absolute atomic E-state index is 0.136. The van der Waals surface area contributed by atoms with E-state index in [-0.39, 0.29) is 5.52 Å². The predicted molar refractivity (Wildman–Crippen MR) is 118 cm³/mol. The van der Waals surface area contributed by atoms with Crippen molar-refractivity contribution in [1.29, 1.82) is 0 Å². The Bertz CT molecular complexity index is 1330. The van der Waals surface area contributed by atoms with Gasteiger partial charge in [-0.25, -0.2) is 15.0 Å². The maximum atomic E-state index is 13.1. The Kier molecular flexibility index (Phi) is 5.85. The number of halogens is 4. The molecule has 0 bridgehead atoms. The number of hydrogen-bond acceptors (Lipinski definition) is 4. The van der Waals surface area contributed by atoms with Gasteiger partial charge in [0.15, 0.2) is 5.82 Å². The van der Waals surface area contributed by atoms with Crippen molar-refractivity contribution in [2.45, 2.75) is 31.6 Å². The van der Waals surface area contributed by atoms with Crippen LogP contribution in [0.15, 0.2) is 41.6 Å². The Balaban J connectivity index is 1.98. The Hall–Kier alpha value is -2.72. The maximum Gasteiger partial charge on any atom is 0.433 e. The van der Waals surface area contributed by atoms with Crippen LogP contribution in [0.25, 0.3) is 33.9 Å². The second-order valence-electron chi connectivity index (χ2n) is 7.02. The van der Waals surface area contributed by atoms with Gasteiger partial charge in [-0.2, -0.15) is 13.2 Å². The van der Waals surface area contributed by atoms with Gasteiger partial charge < -0.3 is 9.13 Å². The van der Waals surface area contributed by atoms with Crippen LogP contribution in [0.4, 0.5) is 13.2 Å². The molecule has 6 nitrogen and oxygen atoms in total. The molecule has 1 atom stereocenters. The van der Waals surface area contributed by atoms with Crippen LogP contribution in [0.3, 0.4) is 0 Å². The summed E-state index contributed by atoms with van der Waals surface area (Å²) < 4.78 is 55.8. The van der Waals surface area contributed by atoms with Gasteiger partial charge in [0.05, 0.1) is 28.0 Å². The molecule has 4 rings (SSSR count). The predicted octanol–water partition coefficient (Wildman–Crippen LogP) is 5.32. The summed E-state index contributed by atoms with van der Waals surface area (Å²) in [5.74, 6) is 1.25. The first-order valence-electron chi connectivity index (χ1n) is 9.80. The lowest BCUT2D eigenvalue weighted by Crippen LogP contribution is -2.08. The van der Waals surface area contributed by atoms with Crippen molar-refractivity contribution in [2.75, 3.05) is 5.75 Å². The fourth-order valence-electron chi connectivity index (χ4n) is 3.52. The van der Waals surface area contributed by atoms with Gasteiger partial charge in [0, 0.05) is 29.9 Å². The number of rotatable bonds is 5. The zero-order valence-corrected chi connectivity index (χ0v) is 19.0. The summed E-state index contributed by atoms with van der Waals surface area (Å²) in [6.07, 6.45) is -3.44. The third-order valence-electron chi connectivity index (χ3n) is 5.09. The van der Waals surface area contributed by atoms with E-state index in [0.717, 1.165) is 17.8 Å². The van der Waals surface area contributed by atoms with Gasteiger partial charge in [-0.3, -0.25) is 4.21 Å². The molecule has 11 heteroatoms. The summed E-state index contributed by atoms with van der Waals surface area (Å²) in [6.45, 7) is 4.20. The fourth-order valence-corrected chi connectivity index (χ4v) is 4.73. The topological polar surface area (TPSA) is 65.6 Å². The van der Waals surface area contributed by atoms with Gasteiger partial charge in [-0.15, -0.1) is 0 Å². The van der Waals surface area contributed by atoms with Crippen LogP contribution in [-0.4, -0.2) is 34.0 Å². The van der Waals surface area contributed by atoms with E-state index in [1.807, 2.05) is 23.6 Å². The minimum Gasteiger partial charge on any atom is -0.324 e. The standard InChI is InChI=1S/C21H19ClF3N5OS/c1-4-30-18(12-6-8-13(22)9-7-12)28-17(20(30)32(31)5-2)19-27-14-10-16(21(23,24)25)26-11-15(14)29(19)3/h6-11H,4-5H2,1-3H3. The molecule has 3 aromatic heterocycles. The molecule has 0 aliphatic carbocycles. The van der Waals surface area contributed by atoms with E-state index in [4.69, 9.17) is 16.6 Å². The van der Waals surface area contributed by atoms with Crippen LogP contribution in [0.2, 0.25) is 5.02 Å². The van der Waals surface area contributed by atoms with E-state index in [1.165, 1.54) is 0 Å². The van der Waals surface area contributed by atoms with Gasteiger partial charge in [-0.05, 0) is 37.3 Å². The highest BCUT2D eigenvalue weighted by molar-refractivity contribution is 7.85. The Labute approximate surface area is 189 Å². The van der Waals surface area contributed by atoms with Gasteiger partial charge in [0.25, 0.3) is 0 Å². The SMILES string of the molecule is CCn1c(-c2ccc(Cl)cc2)nc(-c2nc3cc(C(F)(F)F)ncc3n2C)c1S(=O)CC. The van der Waals surface area contributed by atoms with Crippen molar-refractivity contribution >= 4 is 33.4 Å². The number of nitrogens with zero attached hydrogens (tertiary/aromatic N) is 5. The van der Waals surface area contributed by atoms with Crippen molar-refractivity contribution in [1.82, 2.24) is 24.1 Å². The maximum absolute atomic E-state index is 13.1. The lowest BCUT2D eigenvalue weighted by Gasteiger charge is -2.09. The molecule has 0 fully saturated rings. The van der Waals surface area contributed by atoms with Crippen molar-refractivity contribution in [3.8, 4) is 22.9 Å². The summed E-state index contributed by atoms with van der Waals surface area (Å²) in [6, 6.07) is 8.01. The molecule has 1 aromatic carbocycles. The average Bonchev–Trinajstić information content (AvgIpc) is 3.30. The van der Waals surface area contributed by atoms with E-state index >= 15 is 0 Å². The van der Waals surface area contributed by atoms with Crippen LogP contribution in [-0.2, 0) is 30.6 Å². The third kappa shape index (κ3) is 3.81. The largest absolute Gasteiger partial charge is 0.433 e. The lowest BCUT2D eigenvalue weighted by molar-refractivity contribution is -0.141. The first-order chi connectivity index (χ1) is 15.2. The number of hydrogen-bond donors (Lipinski definition) is 0. The van der Waals surface area contributed by atoms with Gasteiger partial charge in [0.1, 0.15) is 22.2 Å². The number of imidazole rings is 2. The molecular weight excluding hydrogens is 463 g/mol. The number of aryl methyl sites for hydroxylation is 1. The summed E-state index contributed by atoms with van der Waals surface area (Å²) in [5, 5.41) is 1.05. The molecule has 0 N–H and O–H groups in total. The molecule has 0 saturated carbocycles. The Morgan fingerprint density at radius 1 is 1.09 bits per heavy atom. The molecule has 1 unspecified atom stereocenters. The lowest BCUT2D eigenvalue weighted by atomic mass is 10.2. The van der Waals surface area contributed by atoms with Crippen molar-refractivity contribution in [2.24, 2.45) is 7.05 Å². The summed E-state index contributed by atoms with van der Waals surface area (Å²) in [7, 11) is 0.278. The zero-order valence-electron chi connectivity index (χ0n) is 17.4. The monoisotopic (exact) mass is 481 g/mol. The quantitative estimate of drug-likeness (QED) is 0.387. The van der Waals surface area contributed by atoms with Gasteiger partial charge in [0.2, 0.25) is 0 Å². The first-order valence-corrected chi connectivity index (χ1v) is 11.5. The molecular formula is C21H19ClF3N5OS. The van der Waals surface area contributed by atoms with E-state index < -0.39 is 22.7 Å². The number of fused-ring (bicyclic) bond motifs is 1. The summed E-state index contributed by atoms with van der Waals surface area (Å²) in [5.41, 5.74) is 0.673. The number of pyridine rings is 1. The van der Waals surface area contributed by atoms with Crippen molar-refractivity contribution < 1.29 is 17.4 Å². The molecule has 0 radical (unpaired) electrons. The average molecular weight is 482 g/mol. The second-order valence-corrected chi connectivity index (χ2v) is 9.12. The molecule has 0 saturated heterocycles. The number of aromatic nitrogens is 5. The number of benzene rings is 1. The highest BCUT2D eigenvalue weighted by Gasteiger charge is 2.33. The molecule has 0 aliphatic heterocycles. The van der Waals surface area contributed by atoms with E-state index in [2.05, 4.69) is 9.97 Å². The van der Waals surface area contributed by atoms with Crippen LogP contribution < -0.4 is 0 Å². The van der Waals surface area contributed by atoms with Crippen LogP contribution in [0, 0.1) is 0 Å². The molecule has 3 heterocycles. The van der Waals surface area contributed by atoms with E-state index in [1.54, 1.807) is 30.7 Å². The highest BCUT2D eigenvalue weighted by Crippen LogP contribution is 2.34. The van der Waals surface area contributed by atoms with Crippen LogP contribution in [0.1, 0.15) is 19.5 Å². The summed E-state index contributed by atoms with van der Waals surface area (Å²) >= 11 is 6.01. The third-order valence-corrected chi connectivity index (χ3v) is 6.71. The Morgan fingerprint density at radius 3 is 2.38 bits per heavy atom. The first kappa shape index (κ1) is 22.5. The smallest absolute Gasteiger partial charge is 0.324 e. The van der Waals surface area contributed by atoms with Crippen molar-refractivity contribution in [3.63, 3.8) is 0 Å². The van der Waals surface area contributed by atoms with Gasteiger partial charge >= 0.3 is 6.18 Å². The minimum atomic E-state index is -4.58. The molecule has 168 valence electrons. The molecule has 4 aromatic rings. The molecule has 32 heavy (non-hydrogen) atoms. The van der Waals surface area contributed by atoms with E-state index in [0.29, 0.717) is 45.2 Å². The molecule has 0 aliphatic rings. The normalized spacial score (nSPS) is 13.1. The molecule has 0 amide bonds. The highest BCUT2D eigenvalue weighted by atomic mass is 35.5. The second kappa shape index (κ2) is 8.32. The van der Waals surface area contributed by atoms with Gasteiger partial charge in [-0.1, -0.05) is 18.5 Å². The van der Waals surface area contributed by atoms with Crippen LogP contribution in [0.5, 0.6) is 0 Å².